The van der Waals surface area contributed by atoms with E-state index in [0.29, 0.717) is 29.5 Å². The Morgan fingerprint density at radius 1 is 1.38 bits per heavy atom. The first-order valence-corrected chi connectivity index (χ1v) is 5.24. The van der Waals surface area contributed by atoms with Gasteiger partial charge in [-0.3, -0.25) is 4.79 Å². The van der Waals surface area contributed by atoms with E-state index in [1.165, 1.54) is 6.42 Å². The fraction of sp³-hybridized carbons (Fsp3) is 0.583. The van der Waals surface area contributed by atoms with Gasteiger partial charge in [-0.25, -0.2) is 0 Å². The van der Waals surface area contributed by atoms with Crippen molar-refractivity contribution in [2.24, 2.45) is 23.7 Å². The predicted molar refractivity (Wildman–Crippen MR) is 51.1 cm³/mol. The quantitative estimate of drug-likeness (QED) is 0.558. The SMILES string of the molecule is CCC1=CC2C3C=CC(C3)C2C1=O. The minimum atomic E-state index is 0.338. The summed E-state index contributed by atoms with van der Waals surface area (Å²) in [6.45, 7) is 2.08. The first kappa shape index (κ1) is 7.54. The first-order valence-electron chi connectivity index (χ1n) is 5.24. The normalized spacial score (nSPS) is 45.6. The molecule has 0 aromatic carbocycles. The third-order valence-corrected chi connectivity index (χ3v) is 3.91. The molecule has 0 aromatic rings. The van der Waals surface area contributed by atoms with E-state index in [-0.39, 0.29) is 0 Å². The van der Waals surface area contributed by atoms with Crippen LogP contribution in [-0.4, -0.2) is 5.78 Å². The number of carbonyl (C=O) groups is 1. The highest BCUT2D eigenvalue weighted by molar-refractivity contribution is 6.00. The lowest BCUT2D eigenvalue weighted by atomic mass is 9.85. The largest absolute Gasteiger partial charge is 0.294 e. The zero-order chi connectivity index (χ0) is 9.00. The molecule has 68 valence electrons. The van der Waals surface area contributed by atoms with E-state index in [1.54, 1.807) is 0 Å². The molecule has 3 aliphatic rings. The summed E-state index contributed by atoms with van der Waals surface area (Å²) in [5.74, 6) is 2.61. The minimum absolute atomic E-state index is 0.338. The second-order valence-corrected chi connectivity index (χ2v) is 4.46. The second-order valence-electron chi connectivity index (χ2n) is 4.46. The first-order chi connectivity index (χ1) is 6.31. The van der Waals surface area contributed by atoms with Crippen LogP contribution in [0, 0.1) is 23.7 Å². The maximum atomic E-state index is 11.9. The third kappa shape index (κ3) is 0.800. The van der Waals surface area contributed by atoms with Crippen molar-refractivity contribution in [3.63, 3.8) is 0 Å². The summed E-state index contributed by atoms with van der Waals surface area (Å²) in [4.78, 5) is 11.9. The van der Waals surface area contributed by atoms with E-state index in [1.807, 2.05) is 0 Å². The smallest absolute Gasteiger partial charge is 0.162 e. The van der Waals surface area contributed by atoms with Crippen LogP contribution in [0.2, 0.25) is 0 Å². The number of allylic oxidation sites excluding steroid dienone is 4. The van der Waals surface area contributed by atoms with Gasteiger partial charge < -0.3 is 0 Å². The Hall–Kier alpha value is -0.850. The zero-order valence-electron chi connectivity index (χ0n) is 7.86. The lowest BCUT2D eigenvalue weighted by molar-refractivity contribution is -0.119. The standard InChI is InChI=1S/C12H14O/c1-2-7-6-10-8-3-4-9(5-8)11(10)12(7)13/h3-4,6,8-11H,2,5H2,1H3. The van der Waals surface area contributed by atoms with Crippen molar-refractivity contribution in [3.05, 3.63) is 23.8 Å². The summed E-state index contributed by atoms with van der Waals surface area (Å²) in [5, 5.41) is 0. The highest BCUT2D eigenvalue weighted by Crippen LogP contribution is 2.53. The van der Waals surface area contributed by atoms with Gasteiger partial charge in [0.15, 0.2) is 5.78 Å². The molecule has 1 nitrogen and oxygen atoms in total. The van der Waals surface area contributed by atoms with Gasteiger partial charge in [-0.2, -0.15) is 0 Å². The lowest BCUT2D eigenvalue weighted by Crippen LogP contribution is -2.21. The van der Waals surface area contributed by atoms with E-state index >= 15 is 0 Å². The Labute approximate surface area is 78.5 Å². The Balaban J connectivity index is 2.00. The van der Waals surface area contributed by atoms with Crippen LogP contribution >= 0.6 is 0 Å². The van der Waals surface area contributed by atoms with Crippen molar-refractivity contribution < 1.29 is 4.79 Å². The summed E-state index contributed by atoms with van der Waals surface area (Å²) in [7, 11) is 0. The number of rotatable bonds is 1. The Bertz CT molecular complexity index is 324. The molecule has 3 rings (SSSR count). The van der Waals surface area contributed by atoms with Gasteiger partial charge in [-0.1, -0.05) is 25.2 Å². The molecule has 0 saturated heterocycles. The molecule has 1 saturated carbocycles. The summed E-state index contributed by atoms with van der Waals surface area (Å²) in [5.41, 5.74) is 1.09. The van der Waals surface area contributed by atoms with Gasteiger partial charge in [0, 0.05) is 5.92 Å². The summed E-state index contributed by atoms with van der Waals surface area (Å²) in [6, 6.07) is 0. The molecule has 4 unspecified atom stereocenters. The minimum Gasteiger partial charge on any atom is -0.294 e. The molecule has 13 heavy (non-hydrogen) atoms. The maximum Gasteiger partial charge on any atom is 0.162 e. The molecule has 1 heteroatoms. The average Bonchev–Trinajstić information content (AvgIpc) is 2.76. The molecule has 0 aliphatic heterocycles. The van der Waals surface area contributed by atoms with Crippen LogP contribution in [0.1, 0.15) is 19.8 Å². The van der Waals surface area contributed by atoms with Gasteiger partial charge in [0.25, 0.3) is 0 Å². The second kappa shape index (κ2) is 2.34. The topological polar surface area (TPSA) is 17.1 Å². The van der Waals surface area contributed by atoms with Crippen LogP contribution in [0.3, 0.4) is 0 Å². The Kier molecular flexibility index (Phi) is 1.36. The van der Waals surface area contributed by atoms with Crippen molar-refractivity contribution >= 4 is 5.78 Å². The van der Waals surface area contributed by atoms with Crippen molar-refractivity contribution in [2.75, 3.05) is 0 Å². The predicted octanol–water partition coefficient (Wildman–Crippen LogP) is 2.34. The third-order valence-electron chi connectivity index (χ3n) is 3.91. The van der Waals surface area contributed by atoms with Crippen LogP contribution in [0.4, 0.5) is 0 Å². The average molecular weight is 174 g/mol. The molecular formula is C12H14O. The lowest BCUT2D eigenvalue weighted by Gasteiger charge is -2.17. The number of Topliss-reactive ketones (excluding diaryl/α,β-unsaturated/α-hetero) is 1. The van der Waals surface area contributed by atoms with Gasteiger partial charge in [0.1, 0.15) is 0 Å². The highest BCUT2D eigenvalue weighted by Gasteiger charge is 2.50. The summed E-state index contributed by atoms with van der Waals surface area (Å²) < 4.78 is 0. The number of fused-ring (bicyclic) bond motifs is 5. The van der Waals surface area contributed by atoms with Crippen LogP contribution in [0.5, 0.6) is 0 Å². The molecule has 0 heterocycles. The van der Waals surface area contributed by atoms with Gasteiger partial charge >= 0.3 is 0 Å². The molecule has 1 fully saturated rings. The molecular weight excluding hydrogens is 160 g/mol. The van der Waals surface area contributed by atoms with Gasteiger partial charge in [0.05, 0.1) is 0 Å². The van der Waals surface area contributed by atoms with E-state index < -0.39 is 0 Å². The van der Waals surface area contributed by atoms with Gasteiger partial charge in [-0.05, 0) is 36.2 Å². The number of hydrogen-bond acceptors (Lipinski definition) is 1. The molecule has 4 atom stereocenters. The highest BCUT2D eigenvalue weighted by atomic mass is 16.1. The monoisotopic (exact) mass is 174 g/mol. The fourth-order valence-corrected chi connectivity index (χ4v) is 3.28. The van der Waals surface area contributed by atoms with Gasteiger partial charge in [0.2, 0.25) is 0 Å². The molecule has 2 bridgehead atoms. The molecule has 0 amide bonds. The molecule has 0 spiro atoms. The van der Waals surface area contributed by atoms with Crippen molar-refractivity contribution in [1.82, 2.24) is 0 Å². The van der Waals surface area contributed by atoms with E-state index in [0.717, 1.165) is 12.0 Å². The van der Waals surface area contributed by atoms with Crippen molar-refractivity contribution in [1.29, 1.82) is 0 Å². The van der Waals surface area contributed by atoms with Crippen LogP contribution < -0.4 is 0 Å². The molecule has 0 N–H and O–H groups in total. The molecule has 0 aromatic heterocycles. The Morgan fingerprint density at radius 2 is 2.15 bits per heavy atom. The molecule has 0 radical (unpaired) electrons. The maximum absolute atomic E-state index is 11.9. The van der Waals surface area contributed by atoms with E-state index in [4.69, 9.17) is 0 Å². The van der Waals surface area contributed by atoms with Crippen LogP contribution in [0.25, 0.3) is 0 Å². The molecule has 3 aliphatic carbocycles. The van der Waals surface area contributed by atoms with E-state index in [9.17, 15) is 4.79 Å². The zero-order valence-corrected chi connectivity index (χ0v) is 7.86. The number of hydrogen-bond donors (Lipinski definition) is 0. The number of ketones is 1. The van der Waals surface area contributed by atoms with Crippen molar-refractivity contribution in [2.45, 2.75) is 19.8 Å². The van der Waals surface area contributed by atoms with Crippen molar-refractivity contribution in [3.8, 4) is 0 Å². The summed E-state index contributed by atoms with van der Waals surface area (Å²) in [6.07, 6.45) is 8.98. The van der Waals surface area contributed by atoms with Gasteiger partial charge in [-0.15, -0.1) is 0 Å². The van der Waals surface area contributed by atoms with E-state index in [2.05, 4.69) is 25.2 Å². The number of carbonyl (C=O) groups excluding carboxylic acids is 1. The van der Waals surface area contributed by atoms with Crippen LogP contribution in [0.15, 0.2) is 23.8 Å². The Morgan fingerprint density at radius 3 is 2.85 bits per heavy atom. The van der Waals surface area contributed by atoms with Crippen LogP contribution in [-0.2, 0) is 4.79 Å². The fourth-order valence-electron chi connectivity index (χ4n) is 3.28. The summed E-state index contributed by atoms with van der Waals surface area (Å²) >= 11 is 0.